The molecule has 3 aromatic heterocycles. The first-order valence-electron chi connectivity index (χ1n) is 9.36. The van der Waals surface area contributed by atoms with Crippen molar-refractivity contribution in [3.05, 3.63) is 77.6 Å². The highest BCUT2D eigenvalue weighted by molar-refractivity contribution is 6.32. The van der Waals surface area contributed by atoms with Crippen LogP contribution in [0.25, 0.3) is 0 Å². The van der Waals surface area contributed by atoms with Gasteiger partial charge >= 0.3 is 0 Å². The van der Waals surface area contributed by atoms with E-state index < -0.39 is 0 Å². The van der Waals surface area contributed by atoms with Crippen molar-refractivity contribution in [2.45, 2.75) is 26.7 Å². The van der Waals surface area contributed by atoms with Crippen molar-refractivity contribution in [2.75, 3.05) is 5.32 Å². The van der Waals surface area contributed by atoms with Crippen molar-refractivity contribution in [3.63, 3.8) is 0 Å². The van der Waals surface area contributed by atoms with Gasteiger partial charge in [0.15, 0.2) is 12.4 Å². The molecule has 0 atom stereocenters. The zero-order chi connectivity index (χ0) is 20.9. The van der Waals surface area contributed by atoms with Gasteiger partial charge in [-0.25, -0.2) is 4.68 Å². The Kier molecular flexibility index (Phi) is 5.80. The second-order valence-corrected chi connectivity index (χ2v) is 6.94. The molecule has 0 fully saturated rings. The third-order valence-corrected chi connectivity index (χ3v) is 4.62. The highest BCUT2D eigenvalue weighted by Crippen LogP contribution is 2.23. The first-order valence-corrected chi connectivity index (χ1v) is 9.74. The number of carbonyl (C=O) groups excluding carboxylic acids is 1. The standard InChI is InChI=1S/C20H20ClN7O2/c1-2-26-11-15(9-22-26)12-28-13-16(10-23-28)24-20(29)18-7-8-27(25-18)14-30-19-6-4-3-5-17(19)21/h3-11,13H,2,12,14H2,1H3,(H,24,29). The second-order valence-electron chi connectivity index (χ2n) is 6.53. The fraction of sp³-hybridized carbons (Fsp3) is 0.200. The molecule has 1 aromatic carbocycles. The zero-order valence-electron chi connectivity index (χ0n) is 16.3. The third kappa shape index (κ3) is 4.69. The van der Waals surface area contributed by atoms with E-state index in [1.807, 2.05) is 29.9 Å². The van der Waals surface area contributed by atoms with E-state index in [1.165, 1.54) is 4.68 Å². The summed E-state index contributed by atoms with van der Waals surface area (Å²) < 4.78 is 10.7. The number of carbonyl (C=O) groups is 1. The number of nitrogens with zero attached hydrogens (tertiary/aromatic N) is 6. The van der Waals surface area contributed by atoms with Gasteiger partial charge in [0.25, 0.3) is 5.91 Å². The van der Waals surface area contributed by atoms with E-state index in [4.69, 9.17) is 16.3 Å². The zero-order valence-corrected chi connectivity index (χ0v) is 17.0. The number of anilines is 1. The van der Waals surface area contributed by atoms with Gasteiger partial charge in [-0.1, -0.05) is 23.7 Å². The van der Waals surface area contributed by atoms with Crippen molar-refractivity contribution in [3.8, 4) is 5.75 Å². The molecular weight excluding hydrogens is 406 g/mol. The predicted molar refractivity (Wildman–Crippen MR) is 111 cm³/mol. The van der Waals surface area contributed by atoms with Crippen LogP contribution < -0.4 is 10.1 Å². The Morgan fingerprint density at radius 3 is 2.73 bits per heavy atom. The summed E-state index contributed by atoms with van der Waals surface area (Å²) in [6, 6.07) is 8.79. The quantitative estimate of drug-likeness (QED) is 0.467. The molecule has 4 aromatic rings. The molecule has 0 saturated heterocycles. The van der Waals surface area contributed by atoms with Crippen molar-refractivity contribution in [1.82, 2.24) is 29.3 Å². The molecule has 0 bridgehead atoms. The fourth-order valence-corrected chi connectivity index (χ4v) is 3.00. The van der Waals surface area contributed by atoms with Crippen LogP contribution in [-0.4, -0.2) is 35.2 Å². The molecule has 3 heterocycles. The van der Waals surface area contributed by atoms with Crippen molar-refractivity contribution >= 4 is 23.2 Å². The van der Waals surface area contributed by atoms with Gasteiger partial charge in [0.2, 0.25) is 0 Å². The smallest absolute Gasteiger partial charge is 0.276 e. The maximum absolute atomic E-state index is 12.5. The van der Waals surface area contributed by atoms with E-state index in [9.17, 15) is 4.79 Å². The maximum atomic E-state index is 12.5. The summed E-state index contributed by atoms with van der Waals surface area (Å²) in [5.41, 5.74) is 1.90. The Morgan fingerprint density at radius 2 is 1.93 bits per heavy atom. The van der Waals surface area contributed by atoms with E-state index in [0.29, 0.717) is 23.0 Å². The van der Waals surface area contributed by atoms with Crippen molar-refractivity contribution in [1.29, 1.82) is 0 Å². The molecule has 0 aliphatic heterocycles. The lowest BCUT2D eigenvalue weighted by atomic mass is 10.3. The molecule has 0 aliphatic rings. The Labute approximate surface area is 177 Å². The monoisotopic (exact) mass is 425 g/mol. The summed E-state index contributed by atoms with van der Waals surface area (Å²) in [6.07, 6.45) is 8.80. The number of aryl methyl sites for hydroxylation is 1. The molecule has 0 saturated carbocycles. The molecule has 154 valence electrons. The van der Waals surface area contributed by atoms with E-state index >= 15 is 0 Å². The predicted octanol–water partition coefficient (Wildman–Crippen LogP) is 3.29. The summed E-state index contributed by atoms with van der Waals surface area (Å²) in [7, 11) is 0. The van der Waals surface area contributed by atoms with Gasteiger partial charge in [-0.05, 0) is 25.1 Å². The molecule has 0 radical (unpaired) electrons. The molecular formula is C20H20ClN7O2. The fourth-order valence-electron chi connectivity index (χ4n) is 2.81. The van der Waals surface area contributed by atoms with E-state index in [0.717, 1.165) is 12.1 Å². The lowest BCUT2D eigenvalue weighted by Gasteiger charge is -2.07. The number of benzene rings is 1. The van der Waals surface area contributed by atoms with Crippen LogP contribution in [0.4, 0.5) is 5.69 Å². The minimum Gasteiger partial charge on any atom is -0.470 e. The van der Waals surface area contributed by atoms with E-state index in [-0.39, 0.29) is 18.3 Å². The Morgan fingerprint density at radius 1 is 1.10 bits per heavy atom. The largest absolute Gasteiger partial charge is 0.470 e. The van der Waals surface area contributed by atoms with Crippen LogP contribution in [0.3, 0.4) is 0 Å². The van der Waals surface area contributed by atoms with Gasteiger partial charge in [-0.2, -0.15) is 15.3 Å². The van der Waals surface area contributed by atoms with Gasteiger partial charge in [-0.15, -0.1) is 0 Å². The molecule has 9 nitrogen and oxygen atoms in total. The van der Waals surface area contributed by atoms with Crippen LogP contribution in [0, 0.1) is 0 Å². The Bertz CT molecular complexity index is 1150. The highest BCUT2D eigenvalue weighted by atomic mass is 35.5. The van der Waals surface area contributed by atoms with Crippen LogP contribution in [0.1, 0.15) is 23.0 Å². The third-order valence-electron chi connectivity index (χ3n) is 4.31. The maximum Gasteiger partial charge on any atom is 0.276 e. The molecule has 0 spiro atoms. The van der Waals surface area contributed by atoms with Gasteiger partial charge < -0.3 is 10.1 Å². The van der Waals surface area contributed by atoms with Crippen LogP contribution in [0.2, 0.25) is 5.02 Å². The van der Waals surface area contributed by atoms with Crippen LogP contribution in [0.15, 0.2) is 61.3 Å². The lowest BCUT2D eigenvalue weighted by molar-refractivity contribution is 0.102. The molecule has 0 unspecified atom stereocenters. The number of ether oxygens (including phenoxy) is 1. The van der Waals surface area contributed by atoms with Crippen molar-refractivity contribution < 1.29 is 9.53 Å². The van der Waals surface area contributed by atoms with Crippen LogP contribution in [0.5, 0.6) is 5.75 Å². The van der Waals surface area contributed by atoms with Gasteiger partial charge in [0.1, 0.15) is 5.75 Å². The topological polar surface area (TPSA) is 91.8 Å². The number of rotatable bonds is 8. The Hall–Kier alpha value is -3.59. The normalized spacial score (nSPS) is 10.9. The summed E-state index contributed by atoms with van der Waals surface area (Å²) in [5.74, 6) is 0.224. The molecule has 30 heavy (non-hydrogen) atoms. The minimum absolute atomic E-state index is 0.139. The number of nitrogens with one attached hydrogen (secondary N) is 1. The number of amides is 1. The molecule has 1 amide bonds. The van der Waals surface area contributed by atoms with Crippen LogP contribution in [-0.2, 0) is 19.8 Å². The average Bonchev–Trinajstić information content (AvgIpc) is 3.49. The number of hydrogen-bond donors (Lipinski definition) is 1. The minimum atomic E-state index is -0.329. The summed E-state index contributed by atoms with van der Waals surface area (Å²) in [4.78, 5) is 12.5. The molecule has 0 aliphatic carbocycles. The SMILES string of the molecule is CCn1cc(Cn2cc(NC(=O)c3ccn(COc4ccccc4Cl)n3)cn2)cn1. The summed E-state index contributed by atoms with van der Waals surface area (Å²) >= 11 is 6.07. The Balaban J connectivity index is 1.33. The number of aromatic nitrogens is 6. The molecule has 4 rings (SSSR count). The first-order chi connectivity index (χ1) is 14.6. The highest BCUT2D eigenvalue weighted by Gasteiger charge is 2.12. The number of para-hydroxylation sites is 1. The van der Waals surface area contributed by atoms with Crippen molar-refractivity contribution in [2.24, 2.45) is 0 Å². The van der Waals surface area contributed by atoms with Crippen LogP contribution >= 0.6 is 11.6 Å². The number of hydrogen-bond acceptors (Lipinski definition) is 5. The second kappa shape index (κ2) is 8.83. The lowest BCUT2D eigenvalue weighted by Crippen LogP contribution is -2.14. The van der Waals surface area contributed by atoms with Gasteiger partial charge in [0, 0.05) is 30.7 Å². The average molecular weight is 426 g/mol. The summed E-state index contributed by atoms with van der Waals surface area (Å²) in [6.45, 7) is 3.56. The van der Waals surface area contributed by atoms with Gasteiger partial charge in [-0.3, -0.25) is 14.2 Å². The van der Waals surface area contributed by atoms with E-state index in [2.05, 4.69) is 20.6 Å². The van der Waals surface area contributed by atoms with E-state index in [1.54, 1.807) is 47.7 Å². The summed E-state index contributed by atoms with van der Waals surface area (Å²) in [5, 5.41) is 16.1. The first kappa shape index (κ1) is 19.7. The molecule has 1 N–H and O–H groups in total. The van der Waals surface area contributed by atoms with Gasteiger partial charge in [0.05, 0.1) is 29.6 Å². The number of halogens is 1. The molecule has 10 heteroatoms.